The van der Waals surface area contributed by atoms with E-state index >= 15 is 0 Å². The molecule has 0 amide bonds. The molecule has 0 aliphatic rings. The molecule has 0 N–H and O–H groups in total. The Morgan fingerprint density at radius 3 is 2.36 bits per heavy atom. The molecule has 0 fully saturated rings. The van der Waals surface area contributed by atoms with Gasteiger partial charge in [-0.3, -0.25) is 0 Å². The number of carbonyl (C=O) groups excluding carboxylic acids is 1. The van der Waals surface area contributed by atoms with E-state index in [4.69, 9.17) is 0 Å². The molecule has 0 aromatic heterocycles. The zero-order valence-electron chi connectivity index (χ0n) is 8.15. The summed E-state index contributed by atoms with van der Waals surface area (Å²) in [6, 6.07) is 0. The third-order valence-electron chi connectivity index (χ3n) is 1.69. The molecule has 1 unspecified atom stereocenters. The minimum absolute atomic E-state index is 0.185. The van der Waals surface area contributed by atoms with Crippen molar-refractivity contribution in [2.45, 2.75) is 26.4 Å². The standard InChI is InChI=1S/C9H13F3O2/c1-6(2)8(13)14-5-4-7(3)9(10,11)12/h7H,1,4-5H2,2-3H3. The van der Waals surface area contributed by atoms with Crippen LogP contribution in [0.3, 0.4) is 0 Å². The SMILES string of the molecule is C=C(C)C(=O)OCCC(C)C(F)(F)F. The lowest BCUT2D eigenvalue weighted by Gasteiger charge is -2.14. The second kappa shape index (κ2) is 5.02. The molecule has 0 aliphatic heterocycles. The number of alkyl halides is 3. The van der Waals surface area contributed by atoms with Crippen LogP contribution in [0.15, 0.2) is 12.2 Å². The van der Waals surface area contributed by atoms with Crippen LogP contribution in [0, 0.1) is 5.92 Å². The number of hydrogen-bond donors (Lipinski definition) is 0. The molecule has 82 valence electrons. The van der Waals surface area contributed by atoms with Gasteiger partial charge in [-0.1, -0.05) is 13.5 Å². The van der Waals surface area contributed by atoms with Gasteiger partial charge in [-0.2, -0.15) is 13.2 Å². The smallest absolute Gasteiger partial charge is 0.391 e. The molecule has 0 rings (SSSR count). The van der Waals surface area contributed by atoms with E-state index in [9.17, 15) is 18.0 Å². The summed E-state index contributed by atoms with van der Waals surface area (Å²) in [6.45, 7) is 5.57. The third kappa shape index (κ3) is 4.89. The molecule has 0 bridgehead atoms. The Labute approximate surface area is 80.7 Å². The Morgan fingerprint density at radius 1 is 1.50 bits per heavy atom. The molecule has 0 aromatic carbocycles. The summed E-state index contributed by atoms with van der Waals surface area (Å²) in [4.78, 5) is 10.8. The maximum atomic E-state index is 12.0. The monoisotopic (exact) mass is 210 g/mol. The van der Waals surface area contributed by atoms with Crippen LogP contribution in [-0.4, -0.2) is 18.8 Å². The van der Waals surface area contributed by atoms with Gasteiger partial charge in [0.05, 0.1) is 12.5 Å². The van der Waals surface area contributed by atoms with Crippen LogP contribution >= 0.6 is 0 Å². The molecule has 2 nitrogen and oxygen atoms in total. The lowest BCUT2D eigenvalue weighted by Crippen LogP contribution is -2.22. The summed E-state index contributed by atoms with van der Waals surface area (Å²) >= 11 is 0. The summed E-state index contributed by atoms with van der Waals surface area (Å²) < 4.78 is 40.5. The zero-order valence-corrected chi connectivity index (χ0v) is 8.15. The van der Waals surface area contributed by atoms with Crippen LogP contribution in [0.25, 0.3) is 0 Å². The van der Waals surface area contributed by atoms with E-state index < -0.39 is 18.1 Å². The molecule has 5 heteroatoms. The van der Waals surface area contributed by atoms with E-state index in [1.807, 2.05) is 0 Å². The maximum absolute atomic E-state index is 12.0. The Balaban J connectivity index is 3.76. The molecule has 0 saturated heterocycles. The average Bonchev–Trinajstić information content (AvgIpc) is 2.01. The van der Waals surface area contributed by atoms with Crippen LogP contribution in [0.2, 0.25) is 0 Å². The summed E-state index contributed by atoms with van der Waals surface area (Å²) in [7, 11) is 0. The lowest BCUT2D eigenvalue weighted by molar-refractivity contribution is -0.175. The molecule has 0 aromatic rings. The van der Waals surface area contributed by atoms with E-state index in [-0.39, 0.29) is 18.6 Å². The molecule has 0 heterocycles. The van der Waals surface area contributed by atoms with Gasteiger partial charge in [0.15, 0.2) is 0 Å². The third-order valence-corrected chi connectivity index (χ3v) is 1.69. The average molecular weight is 210 g/mol. The molecule has 0 radical (unpaired) electrons. The van der Waals surface area contributed by atoms with Crippen molar-refractivity contribution in [3.05, 3.63) is 12.2 Å². The second-order valence-corrected chi connectivity index (χ2v) is 3.15. The van der Waals surface area contributed by atoms with Crippen LogP contribution in [-0.2, 0) is 9.53 Å². The number of halogens is 3. The van der Waals surface area contributed by atoms with Crippen LogP contribution in [0.4, 0.5) is 13.2 Å². The summed E-state index contributed by atoms with van der Waals surface area (Å²) in [5.74, 6) is -2.11. The van der Waals surface area contributed by atoms with Gasteiger partial charge in [0, 0.05) is 5.57 Å². The van der Waals surface area contributed by atoms with Crippen molar-refractivity contribution >= 4 is 5.97 Å². The van der Waals surface area contributed by atoms with Gasteiger partial charge < -0.3 is 4.74 Å². The fraction of sp³-hybridized carbons (Fsp3) is 0.667. The van der Waals surface area contributed by atoms with E-state index in [0.29, 0.717) is 0 Å². The van der Waals surface area contributed by atoms with Crippen LogP contribution < -0.4 is 0 Å². The minimum Gasteiger partial charge on any atom is -0.462 e. The van der Waals surface area contributed by atoms with Gasteiger partial charge in [0.2, 0.25) is 0 Å². The van der Waals surface area contributed by atoms with Gasteiger partial charge in [-0.05, 0) is 13.3 Å². The van der Waals surface area contributed by atoms with Crippen LogP contribution in [0.1, 0.15) is 20.3 Å². The minimum atomic E-state index is -4.23. The van der Waals surface area contributed by atoms with Gasteiger partial charge in [0.1, 0.15) is 0 Å². The highest BCUT2D eigenvalue weighted by Gasteiger charge is 2.35. The predicted molar refractivity (Wildman–Crippen MR) is 45.6 cm³/mol. The molecular weight excluding hydrogens is 197 g/mol. The topological polar surface area (TPSA) is 26.3 Å². The first-order chi connectivity index (χ1) is 6.25. The van der Waals surface area contributed by atoms with Crippen molar-refractivity contribution in [3.63, 3.8) is 0 Å². The van der Waals surface area contributed by atoms with Crippen molar-refractivity contribution in [1.29, 1.82) is 0 Å². The first kappa shape index (κ1) is 13.0. The lowest BCUT2D eigenvalue weighted by atomic mass is 10.1. The van der Waals surface area contributed by atoms with Crippen LogP contribution in [0.5, 0.6) is 0 Å². The normalized spacial score (nSPS) is 13.5. The van der Waals surface area contributed by atoms with E-state index in [2.05, 4.69) is 11.3 Å². The molecular formula is C9H13F3O2. The largest absolute Gasteiger partial charge is 0.462 e. The Bertz CT molecular complexity index is 221. The number of ether oxygens (including phenoxy) is 1. The van der Waals surface area contributed by atoms with Crippen molar-refractivity contribution in [3.8, 4) is 0 Å². The molecule has 0 saturated carbocycles. The van der Waals surface area contributed by atoms with Gasteiger partial charge in [-0.25, -0.2) is 4.79 Å². The summed E-state index contributed by atoms with van der Waals surface area (Å²) in [5.41, 5.74) is 0.185. The Morgan fingerprint density at radius 2 is 2.00 bits per heavy atom. The number of carbonyl (C=O) groups is 1. The molecule has 0 aliphatic carbocycles. The van der Waals surface area contributed by atoms with Crippen molar-refractivity contribution in [2.75, 3.05) is 6.61 Å². The molecule has 0 spiro atoms. The van der Waals surface area contributed by atoms with E-state index in [1.54, 1.807) is 0 Å². The Hall–Kier alpha value is -1.00. The Kier molecular flexibility index (Phi) is 4.67. The highest BCUT2D eigenvalue weighted by atomic mass is 19.4. The second-order valence-electron chi connectivity index (χ2n) is 3.15. The van der Waals surface area contributed by atoms with Crippen molar-refractivity contribution in [1.82, 2.24) is 0 Å². The van der Waals surface area contributed by atoms with E-state index in [1.165, 1.54) is 6.92 Å². The van der Waals surface area contributed by atoms with Gasteiger partial charge >= 0.3 is 12.1 Å². The quantitative estimate of drug-likeness (QED) is 0.526. The highest BCUT2D eigenvalue weighted by Crippen LogP contribution is 2.27. The highest BCUT2D eigenvalue weighted by molar-refractivity contribution is 5.86. The first-order valence-electron chi connectivity index (χ1n) is 4.14. The van der Waals surface area contributed by atoms with Gasteiger partial charge in [-0.15, -0.1) is 0 Å². The summed E-state index contributed by atoms with van der Waals surface area (Å²) in [6.07, 6.45) is -4.45. The zero-order chi connectivity index (χ0) is 11.4. The first-order valence-corrected chi connectivity index (χ1v) is 4.14. The molecule has 14 heavy (non-hydrogen) atoms. The van der Waals surface area contributed by atoms with Gasteiger partial charge in [0.25, 0.3) is 0 Å². The number of hydrogen-bond acceptors (Lipinski definition) is 2. The fourth-order valence-corrected chi connectivity index (χ4v) is 0.615. The molecule has 1 atom stereocenters. The van der Waals surface area contributed by atoms with Crippen molar-refractivity contribution < 1.29 is 22.7 Å². The van der Waals surface area contributed by atoms with E-state index in [0.717, 1.165) is 6.92 Å². The predicted octanol–water partition coefficient (Wildman–Crippen LogP) is 2.69. The van der Waals surface area contributed by atoms with Crippen molar-refractivity contribution in [2.24, 2.45) is 5.92 Å². The summed E-state index contributed by atoms with van der Waals surface area (Å²) in [5, 5.41) is 0. The maximum Gasteiger partial charge on any atom is 0.391 e. The number of rotatable bonds is 4. The number of esters is 1. The fourth-order valence-electron chi connectivity index (χ4n) is 0.615.